The molecular formula is C13H14FNO2S. The van der Waals surface area contributed by atoms with Crippen LogP contribution in [0.5, 0.6) is 0 Å². The van der Waals surface area contributed by atoms with Crippen LogP contribution < -0.4 is 0 Å². The van der Waals surface area contributed by atoms with E-state index in [-0.39, 0.29) is 16.8 Å². The van der Waals surface area contributed by atoms with Crippen LogP contribution in [-0.4, -0.2) is 18.3 Å². The van der Waals surface area contributed by atoms with E-state index in [0.717, 1.165) is 5.56 Å². The van der Waals surface area contributed by atoms with Crippen molar-refractivity contribution < 1.29 is 13.9 Å². The molecule has 3 nitrogen and oxygen atoms in total. The van der Waals surface area contributed by atoms with Crippen molar-refractivity contribution in [3.63, 3.8) is 0 Å². The lowest BCUT2D eigenvalue weighted by Gasteiger charge is -2.09. The molecule has 0 radical (unpaired) electrons. The Kier molecular flexibility index (Phi) is 5.66. The Hall–Kier alpha value is -1.54. The number of benzene rings is 1. The number of hydrogen-bond donors (Lipinski definition) is 0. The Morgan fingerprint density at radius 2 is 2.33 bits per heavy atom. The molecule has 0 aromatic heterocycles. The molecular weight excluding hydrogens is 253 g/mol. The van der Waals surface area contributed by atoms with Gasteiger partial charge in [-0.2, -0.15) is 17.0 Å². The van der Waals surface area contributed by atoms with E-state index in [1.54, 1.807) is 23.9 Å². The van der Waals surface area contributed by atoms with Gasteiger partial charge in [-0.05, 0) is 17.7 Å². The number of esters is 1. The third-order valence-electron chi connectivity index (χ3n) is 2.37. The fourth-order valence-corrected chi connectivity index (χ4v) is 2.27. The van der Waals surface area contributed by atoms with Gasteiger partial charge in [-0.25, -0.2) is 4.39 Å². The fraction of sp³-hybridized carbons (Fsp3) is 0.385. The lowest BCUT2D eigenvalue weighted by atomic mass is 10.1. The third-order valence-corrected chi connectivity index (χ3v) is 3.60. The van der Waals surface area contributed by atoms with Crippen molar-refractivity contribution >= 4 is 17.7 Å². The van der Waals surface area contributed by atoms with Crippen molar-refractivity contribution in [3.05, 3.63) is 35.1 Å². The molecule has 1 rings (SSSR count). The second-order valence-electron chi connectivity index (χ2n) is 3.83. The van der Waals surface area contributed by atoms with Crippen molar-refractivity contribution in [2.75, 3.05) is 7.11 Å². The Morgan fingerprint density at radius 3 is 2.94 bits per heavy atom. The van der Waals surface area contributed by atoms with Crippen LogP contribution in [0.1, 0.15) is 24.5 Å². The number of ether oxygens (including phenoxy) is 1. The largest absolute Gasteiger partial charge is 0.469 e. The summed E-state index contributed by atoms with van der Waals surface area (Å²) in [5, 5.41) is 8.83. The van der Waals surface area contributed by atoms with Crippen molar-refractivity contribution in [2.24, 2.45) is 0 Å². The minimum Gasteiger partial charge on any atom is -0.469 e. The molecule has 1 aromatic carbocycles. The van der Waals surface area contributed by atoms with Gasteiger partial charge in [0.15, 0.2) is 0 Å². The highest BCUT2D eigenvalue weighted by Gasteiger charge is 2.10. The molecule has 1 atom stereocenters. The summed E-state index contributed by atoms with van der Waals surface area (Å²) in [6.07, 6.45) is 0.341. The van der Waals surface area contributed by atoms with Gasteiger partial charge in [-0.1, -0.05) is 13.0 Å². The summed E-state index contributed by atoms with van der Waals surface area (Å²) in [5.74, 6) is -0.117. The van der Waals surface area contributed by atoms with Gasteiger partial charge in [-0.3, -0.25) is 4.79 Å². The Bertz CT molecular complexity index is 471. The standard InChI is InChI=1S/C13H14FNO2S/c1-9(5-13(16)17-2)18-8-10-3-4-12(14)11(6-10)7-15/h3-4,6,9H,5,8H2,1-2H3. The third kappa shape index (κ3) is 4.38. The fourth-order valence-electron chi connectivity index (χ4n) is 1.36. The molecule has 0 aliphatic rings. The van der Waals surface area contributed by atoms with Gasteiger partial charge in [0.05, 0.1) is 19.1 Å². The first-order valence-electron chi connectivity index (χ1n) is 5.43. The van der Waals surface area contributed by atoms with E-state index in [0.29, 0.717) is 12.2 Å². The number of rotatable bonds is 5. The quantitative estimate of drug-likeness (QED) is 0.770. The maximum absolute atomic E-state index is 13.1. The zero-order chi connectivity index (χ0) is 13.5. The topological polar surface area (TPSA) is 50.1 Å². The number of carbonyl (C=O) groups excluding carboxylic acids is 1. The molecule has 0 spiro atoms. The molecule has 0 amide bonds. The summed E-state index contributed by atoms with van der Waals surface area (Å²) in [6, 6.07) is 6.28. The van der Waals surface area contributed by atoms with Gasteiger partial charge < -0.3 is 4.74 Å². The number of carbonyl (C=O) groups is 1. The van der Waals surface area contributed by atoms with E-state index in [9.17, 15) is 9.18 Å². The lowest BCUT2D eigenvalue weighted by Crippen LogP contribution is -2.08. The molecule has 0 aliphatic heterocycles. The summed E-state index contributed by atoms with van der Waals surface area (Å²) in [6.45, 7) is 1.93. The molecule has 18 heavy (non-hydrogen) atoms. The van der Waals surface area contributed by atoms with E-state index < -0.39 is 5.82 Å². The SMILES string of the molecule is COC(=O)CC(C)SCc1ccc(F)c(C#N)c1. The number of nitrogens with zero attached hydrogens (tertiary/aromatic N) is 1. The first-order chi connectivity index (χ1) is 8.56. The zero-order valence-corrected chi connectivity index (χ0v) is 11.1. The van der Waals surface area contributed by atoms with Gasteiger partial charge in [0.2, 0.25) is 0 Å². The van der Waals surface area contributed by atoms with Gasteiger partial charge in [0.25, 0.3) is 0 Å². The van der Waals surface area contributed by atoms with Crippen LogP contribution in [0, 0.1) is 17.1 Å². The van der Waals surface area contributed by atoms with Crippen LogP contribution in [0.3, 0.4) is 0 Å². The van der Waals surface area contributed by atoms with Crippen molar-refractivity contribution in [2.45, 2.75) is 24.3 Å². The van der Waals surface area contributed by atoms with Gasteiger partial charge in [0, 0.05) is 11.0 Å². The first kappa shape index (κ1) is 14.5. The van der Waals surface area contributed by atoms with E-state index >= 15 is 0 Å². The highest BCUT2D eigenvalue weighted by atomic mass is 32.2. The van der Waals surface area contributed by atoms with E-state index in [1.165, 1.54) is 19.2 Å². The molecule has 0 saturated carbocycles. The van der Waals surface area contributed by atoms with Crippen molar-refractivity contribution in [1.82, 2.24) is 0 Å². The van der Waals surface area contributed by atoms with E-state index in [4.69, 9.17) is 5.26 Å². The van der Waals surface area contributed by atoms with Crippen LogP contribution in [0.4, 0.5) is 4.39 Å². The summed E-state index contributed by atoms with van der Waals surface area (Å²) in [7, 11) is 1.36. The van der Waals surface area contributed by atoms with Crippen molar-refractivity contribution in [1.29, 1.82) is 5.26 Å². The minimum absolute atomic E-state index is 0.0497. The zero-order valence-electron chi connectivity index (χ0n) is 10.3. The van der Waals surface area contributed by atoms with Crippen LogP contribution in [0.15, 0.2) is 18.2 Å². The molecule has 96 valence electrons. The Labute approximate surface area is 110 Å². The maximum Gasteiger partial charge on any atom is 0.306 e. The normalized spacial score (nSPS) is 11.7. The van der Waals surface area contributed by atoms with Crippen molar-refractivity contribution in [3.8, 4) is 6.07 Å². The molecule has 1 aromatic rings. The molecule has 0 aliphatic carbocycles. The van der Waals surface area contributed by atoms with Gasteiger partial charge in [-0.15, -0.1) is 0 Å². The highest BCUT2D eigenvalue weighted by molar-refractivity contribution is 7.99. The predicted octanol–water partition coefficient (Wildman–Crippen LogP) is 2.88. The summed E-state index contributed by atoms with van der Waals surface area (Å²) >= 11 is 1.57. The Balaban J connectivity index is 2.54. The number of methoxy groups -OCH3 is 1. The average molecular weight is 267 g/mol. The maximum atomic E-state index is 13.1. The first-order valence-corrected chi connectivity index (χ1v) is 6.48. The Morgan fingerprint density at radius 1 is 1.61 bits per heavy atom. The summed E-state index contributed by atoms with van der Waals surface area (Å²) in [5.41, 5.74) is 0.920. The number of nitriles is 1. The minimum atomic E-state index is -0.506. The molecule has 0 N–H and O–H groups in total. The van der Waals surface area contributed by atoms with Crippen LogP contribution in [0.25, 0.3) is 0 Å². The molecule has 0 saturated heterocycles. The highest BCUT2D eigenvalue weighted by Crippen LogP contribution is 2.21. The molecule has 1 unspecified atom stereocenters. The van der Waals surface area contributed by atoms with Gasteiger partial charge >= 0.3 is 5.97 Å². The second kappa shape index (κ2) is 7.02. The van der Waals surface area contributed by atoms with Crippen LogP contribution in [0.2, 0.25) is 0 Å². The summed E-state index contributed by atoms with van der Waals surface area (Å²) in [4.78, 5) is 11.1. The predicted molar refractivity (Wildman–Crippen MR) is 68.5 cm³/mol. The van der Waals surface area contributed by atoms with Gasteiger partial charge in [0.1, 0.15) is 11.9 Å². The molecule has 0 bridgehead atoms. The van der Waals surface area contributed by atoms with E-state index in [2.05, 4.69) is 4.74 Å². The summed E-state index contributed by atoms with van der Waals surface area (Å²) < 4.78 is 17.7. The molecule has 0 heterocycles. The van der Waals surface area contributed by atoms with Crippen LogP contribution in [-0.2, 0) is 15.3 Å². The van der Waals surface area contributed by atoms with E-state index in [1.807, 2.05) is 6.92 Å². The second-order valence-corrected chi connectivity index (χ2v) is 5.25. The average Bonchev–Trinajstić information content (AvgIpc) is 2.37. The number of thioether (sulfide) groups is 1. The molecule has 5 heteroatoms. The lowest BCUT2D eigenvalue weighted by molar-refractivity contribution is -0.140. The van der Waals surface area contributed by atoms with Crippen LogP contribution >= 0.6 is 11.8 Å². The monoisotopic (exact) mass is 267 g/mol. The smallest absolute Gasteiger partial charge is 0.306 e. The number of halogens is 1. The number of hydrogen-bond acceptors (Lipinski definition) is 4. The molecule has 0 fully saturated rings.